The van der Waals surface area contributed by atoms with Gasteiger partial charge in [-0.05, 0) is 55.5 Å². The van der Waals surface area contributed by atoms with Gasteiger partial charge in [-0.3, -0.25) is 19.1 Å². The third kappa shape index (κ3) is 4.74. The molecule has 0 unspecified atom stereocenters. The monoisotopic (exact) mass is 536 g/mol. The van der Waals surface area contributed by atoms with Crippen LogP contribution in [0.3, 0.4) is 0 Å². The molecule has 0 bridgehead atoms. The molecule has 10 heteroatoms. The highest BCUT2D eigenvalue weighted by Gasteiger charge is 2.34. The summed E-state index contributed by atoms with van der Waals surface area (Å²) >= 11 is 6.83. The van der Waals surface area contributed by atoms with Crippen LogP contribution in [0.1, 0.15) is 54.9 Å². The third-order valence-corrected chi connectivity index (χ3v) is 8.29. The first-order valence-electron chi connectivity index (χ1n) is 12.5. The number of rotatable bonds is 7. The lowest BCUT2D eigenvalue weighted by atomic mass is 10.0. The predicted molar refractivity (Wildman–Crippen MR) is 148 cm³/mol. The molecule has 0 atom stereocenters. The van der Waals surface area contributed by atoms with Crippen molar-refractivity contribution in [1.82, 2.24) is 9.47 Å². The molecule has 37 heavy (non-hydrogen) atoms. The van der Waals surface area contributed by atoms with Crippen molar-refractivity contribution in [1.29, 1.82) is 5.26 Å². The second-order valence-corrected chi connectivity index (χ2v) is 11.0. The SMILES string of the molecule is CCCCn1c(N2CCCC2)c(/C=C2\SC(=S)N(Cc3ccc4c(c3)OCO4)C2=O)c(C)c(C#N)c1=O. The molecule has 0 N–H and O–H groups in total. The number of amides is 1. The molecular formula is C27H28N4O4S2. The van der Waals surface area contributed by atoms with E-state index in [4.69, 9.17) is 21.7 Å². The zero-order chi connectivity index (χ0) is 26.1. The summed E-state index contributed by atoms with van der Waals surface area (Å²) in [6.07, 6.45) is 5.65. The van der Waals surface area contributed by atoms with Crippen molar-refractivity contribution in [3.8, 4) is 17.6 Å². The van der Waals surface area contributed by atoms with Crippen LogP contribution in [0, 0.1) is 18.3 Å². The second-order valence-electron chi connectivity index (χ2n) is 9.31. The van der Waals surface area contributed by atoms with Gasteiger partial charge in [-0.2, -0.15) is 5.26 Å². The number of fused-ring (bicyclic) bond motifs is 1. The van der Waals surface area contributed by atoms with Gasteiger partial charge in [0.15, 0.2) is 11.5 Å². The number of aromatic nitrogens is 1. The maximum absolute atomic E-state index is 13.5. The Bertz CT molecular complexity index is 1400. The van der Waals surface area contributed by atoms with Crippen LogP contribution in [0.25, 0.3) is 6.08 Å². The zero-order valence-corrected chi connectivity index (χ0v) is 22.5. The van der Waals surface area contributed by atoms with Gasteiger partial charge in [0.2, 0.25) is 6.79 Å². The number of pyridine rings is 1. The lowest BCUT2D eigenvalue weighted by Crippen LogP contribution is -2.33. The zero-order valence-electron chi connectivity index (χ0n) is 20.9. The van der Waals surface area contributed by atoms with E-state index >= 15 is 0 Å². The van der Waals surface area contributed by atoms with Crippen LogP contribution < -0.4 is 19.9 Å². The minimum atomic E-state index is -0.261. The first kappa shape index (κ1) is 25.4. The van der Waals surface area contributed by atoms with Crippen molar-refractivity contribution in [2.24, 2.45) is 0 Å². The van der Waals surface area contributed by atoms with Gasteiger partial charge in [0.05, 0.1) is 11.4 Å². The van der Waals surface area contributed by atoms with Crippen molar-refractivity contribution < 1.29 is 14.3 Å². The first-order chi connectivity index (χ1) is 17.9. The van der Waals surface area contributed by atoms with Gasteiger partial charge >= 0.3 is 0 Å². The molecule has 2 saturated heterocycles. The molecule has 192 valence electrons. The number of thioether (sulfide) groups is 1. The number of unbranched alkanes of at least 4 members (excludes halogenated alkanes) is 1. The standard InChI is InChI=1S/C27H28N4O4S2/c1-3-4-11-30-24(29-9-5-6-10-29)19(17(2)20(14-28)25(30)32)13-23-26(33)31(27(36)37-23)15-18-7-8-21-22(12-18)35-16-34-21/h7-8,12-13H,3-6,9-11,15-16H2,1-2H3/b23-13-. The number of benzene rings is 1. The molecule has 8 nitrogen and oxygen atoms in total. The van der Waals surface area contributed by atoms with Crippen molar-refractivity contribution in [2.45, 2.75) is 52.6 Å². The highest BCUT2D eigenvalue weighted by Crippen LogP contribution is 2.38. The van der Waals surface area contributed by atoms with Gasteiger partial charge in [0.1, 0.15) is 21.8 Å². The molecule has 1 aromatic heterocycles. The fourth-order valence-corrected chi connectivity index (χ4v) is 6.16. The lowest BCUT2D eigenvalue weighted by Gasteiger charge is -2.27. The van der Waals surface area contributed by atoms with Gasteiger partial charge in [-0.1, -0.05) is 43.4 Å². The number of nitriles is 1. The normalized spacial score (nSPS) is 17.8. The van der Waals surface area contributed by atoms with E-state index in [1.807, 2.05) is 24.3 Å². The van der Waals surface area contributed by atoms with Gasteiger partial charge in [-0.15, -0.1) is 0 Å². The van der Waals surface area contributed by atoms with Crippen molar-refractivity contribution in [3.63, 3.8) is 0 Å². The molecule has 5 rings (SSSR count). The molecule has 0 saturated carbocycles. The summed E-state index contributed by atoms with van der Waals surface area (Å²) < 4.78 is 13.1. The molecule has 1 amide bonds. The van der Waals surface area contributed by atoms with E-state index in [2.05, 4.69) is 17.9 Å². The number of hydrogen-bond donors (Lipinski definition) is 0. The van der Waals surface area contributed by atoms with Crippen LogP contribution in [-0.4, -0.2) is 39.6 Å². The third-order valence-electron chi connectivity index (χ3n) is 6.91. The number of thiocarbonyl (C=S) groups is 1. The van der Waals surface area contributed by atoms with Crippen LogP contribution in [0.5, 0.6) is 11.5 Å². The quantitative estimate of drug-likeness (QED) is 0.376. The maximum atomic E-state index is 13.5. The average molecular weight is 537 g/mol. The maximum Gasteiger partial charge on any atom is 0.270 e. The number of carbonyl (C=O) groups excluding carboxylic acids is 1. The average Bonchev–Trinajstić information content (AvgIpc) is 3.63. The number of anilines is 1. The fourth-order valence-electron chi connectivity index (χ4n) is 4.93. The molecule has 0 radical (unpaired) electrons. The second kappa shape index (κ2) is 10.6. The van der Waals surface area contributed by atoms with Crippen molar-refractivity contribution >= 4 is 46.1 Å². The highest BCUT2D eigenvalue weighted by atomic mass is 32.2. The molecular weight excluding hydrogens is 508 g/mol. The summed E-state index contributed by atoms with van der Waals surface area (Å²) in [7, 11) is 0. The molecule has 0 aliphatic carbocycles. The smallest absolute Gasteiger partial charge is 0.270 e. The van der Waals surface area contributed by atoms with Crippen LogP contribution in [0.15, 0.2) is 27.9 Å². The predicted octanol–water partition coefficient (Wildman–Crippen LogP) is 4.56. The van der Waals surface area contributed by atoms with E-state index in [0.717, 1.165) is 55.7 Å². The van der Waals surface area contributed by atoms with Crippen LogP contribution in [0.4, 0.5) is 5.82 Å². The molecule has 2 fully saturated rings. The molecule has 2 aromatic rings. The number of hydrogen-bond acceptors (Lipinski definition) is 8. The molecule has 0 spiro atoms. The Morgan fingerprint density at radius 2 is 1.95 bits per heavy atom. The van der Waals surface area contributed by atoms with E-state index < -0.39 is 0 Å². The molecule has 3 aliphatic heterocycles. The summed E-state index contributed by atoms with van der Waals surface area (Å²) in [5.41, 5.74) is 2.10. The Morgan fingerprint density at radius 1 is 1.19 bits per heavy atom. The van der Waals surface area contributed by atoms with Crippen molar-refractivity contribution in [3.05, 3.63) is 55.7 Å². The Balaban J connectivity index is 1.54. The molecule has 1 aromatic carbocycles. The van der Waals surface area contributed by atoms with Gasteiger partial charge in [0.25, 0.3) is 11.5 Å². The largest absolute Gasteiger partial charge is 0.454 e. The van der Waals surface area contributed by atoms with E-state index in [-0.39, 0.29) is 23.8 Å². The van der Waals surface area contributed by atoms with Crippen molar-refractivity contribution in [2.75, 3.05) is 24.8 Å². The lowest BCUT2D eigenvalue weighted by molar-refractivity contribution is -0.122. The van der Waals surface area contributed by atoms with Gasteiger partial charge in [-0.25, -0.2) is 0 Å². The van der Waals surface area contributed by atoms with Crippen LogP contribution in [0.2, 0.25) is 0 Å². The number of ether oxygens (including phenoxy) is 2. The first-order valence-corrected chi connectivity index (χ1v) is 13.7. The number of carbonyl (C=O) groups is 1. The summed E-state index contributed by atoms with van der Waals surface area (Å²) in [5.74, 6) is 1.95. The Labute approximate surface area is 225 Å². The van der Waals surface area contributed by atoms with E-state index in [9.17, 15) is 14.9 Å². The minimum Gasteiger partial charge on any atom is -0.454 e. The summed E-state index contributed by atoms with van der Waals surface area (Å²) in [4.78, 5) is 31.1. The van der Waals surface area contributed by atoms with Crippen LogP contribution >= 0.6 is 24.0 Å². The van der Waals surface area contributed by atoms with E-state index in [1.165, 1.54) is 11.8 Å². The minimum absolute atomic E-state index is 0.126. The summed E-state index contributed by atoms with van der Waals surface area (Å²) in [6, 6.07) is 7.71. The van der Waals surface area contributed by atoms with Crippen LogP contribution in [-0.2, 0) is 17.9 Å². The van der Waals surface area contributed by atoms with E-state index in [0.29, 0.717) is 39.4 Å². The summed E-state index contributed by atoms with van der Waals surface area (Å²) in [6.45, 7) is 6.57. The molecule has 3 aliphatic rings. The van der Waals surface area contributed by atoms with Gasteiger partial charge in [0, 0.05) is 25.2 Å². The fraction of sp³-hybridized carbons (Fsp3) is 0.407. The highest BCUT2D eigenvalue weighted by molar-refractivity contribution is 8.26. The Kier molecular flexibility index (Phi) is 7.26. The summed E-state index contributed by atoms with van der Waals surface area (Å²) in [5, 5.41) is 9.84. The Morgan fingerprint density at radius 3 is 2.68 bits per heavy atom. The molecule has 4 heterocycles. The van der Waals surface area contributed by atoms with Gasteiger partial charge < -0.3 is 14.4 Å². The number of nitrogens with zero attached hydrogens (tertiary/aromatic N) is 4. The topological polar surface area (TPSA) is 87.8 Å². The van der Waals surface area contributed by atoms with E-state index in [1.54, 1.807) is 16.4 Å². The Hall–Kier alpha value is -3.29.